The predicted octanol–water partition coefficient (Wildman–Crippen LogP) is 1.14. The van der Waals surface area contributed by atoms with E-state index in [0.29, 0.717) is 0 Å². The lowest BCUT2D eigenvalue weighted by Gasteiger charge is -1.93. The topological polar surface area (TPSA) is 9.23 Å². The largest absolute Gasteiger partial charge is 0.335 e. The van der Waals surface area contributed by atoms with Crippen molar-refractivity contribution >= 4 is 28.4 Å². The first kappa shape index (κ1) is 7.53. The lowest BCUT2D eigenvalue weighted by Crippen LogP contribution is -1.91. The van der Waals surface area contributed by atoms with Crippen LogP contribution < -0.4 is 0 Å². The highest BCUT2D eigenvalue weighted by Gasteiger charge is 1.79. The van der Waals surface area contributed by atoms with Gasteiger partial charge in [0.15, 0.2) is 0 Å². The highest BCUT2D eigenvalue weighted by atomic mass is 32.2. The molecule has 0 saturated carbocycles. The number of hydrogen-bond donors (Lipinski definition) is 2. The monoisotopic (exact) mass is 138 g/mol. The zero-order valence-electron chi connectivity index (χ0n) is 4.51. The van der Waals surface area contributed by atoms with E-state index in [0.717, 1.165) is 22.3 Å². The van der Waals surface area contributed by atoms with E-state index < -0.39 is 0 Å². The molecule has 0 unspecified atom stereocenters. The Hall–Kier alpha value is 0.530. The van der Waals surface area contributed by atoms with Crippen molar-refractivity contribution in [2.24, 2.45) is 0 Å². The van der Waals surface area contributed by atoms with Crippen LogP contribution >= 0.6 is 24.0 Å². The average molecular weight is 138 g/mol. The van der Waals surface area contributed by atoms with Gasteiger partial charge in [0.25, 0.3) is 0 Å². The molecule has 0 aromatic heterocycles. The van der Waals surface area contributed by atoms with E-state index in [1.54, 1.807) is 0 Å². The van der Waals surface area contributed by atoms with Crippen LogP contribution in [0.25, 0.3) is 0 Å². The maximum absolute atomic E-state index is 4.96. The molecule has 0 aliphatic heterocycles. The maximum atomic E-state index is 4.96. The third-order valence-corrected chi connectivity index (χ3v) is 1.71. The van der Waals surface area contributed by atoms with E-state index in [1.165, 1.54) is 0 Å². The van der Waals surface area contributed by atoms with Crippen molar-refractivity contribution in [1.82, 2.24) is 0 Å². The van der Waals surface area contributed by atoms with Crippen molar-refractivity contribution in [3.05, 3.63) is 0 Å². The molecule has 0 aromatic rings. The smallest absolute Gasteiger partial charge is 0.127 e. The van der Waals surface area contributed by atoms with Crippen molar-refractivity contribution in [2.75, 3.05) is 12.9 Å². The fourth-order valence-electron chi connectivity index (χ4n) is 0.194. The highest BCUT2D eigenvalue weighted by Crippen LogP contribution is 1.91. The molecule has 0 heterocycles. The summed E-state index contributed by atoms with van der Waals surface area (Å²) in [7, 11) is 0. The third-order valence-electron chi connectivity index (χ3n) is 0.465. The minimum absolute atomic E-state index is 0.722. The first-order valence-corrected chi connectivity index (χ1v) is 3.88. The molecule has 44 valence electrons. The second-order valence-electron chi connectivity index (χ2n) is 0.939. The Labute approximate surface area is 53.4 Å². The number of hydrogen-bond acceptors (Lipinski definition) is 1. The molecule has 0 amide bonds. The van der Waals surface area contributed by atoms with Crippen LogP contribution in [0.2, 0.25) is 0 Å². The quantitative estimate of drug-likeness (QED) is 0.408. The van der Waals surface area contributed by atoms with Gasteiger partial charge in [-0.1, -0.05) is 0 Å². The van der Waals surface area contributed by atoms with E-state index in [2.05, 4.69) is 12.6 Å². The normalized spacial score (nSPS) is 13.3. The SMILES string of the molecule is CCOC(S)=[SH]C. The molecule has 7 heavy (non-hydrogen) atoms. The molecule has 0 N–H and O–H groups in total. The van der Waals surface area contributed by atoms with E-state index in [1.807, 2.05) is 13.2 Å². The Morgan fingerprint density at radius 2 is 2.43 bits per heavy atom. The molecule has 0 aliphatic rings. The van der Waals surface area contributed by atoms with Gasteiger partial charge in [0.05, 0.1) is 6.61 Å². The summed E-state index contributed by atoms with van der Waals surface area (Å²) in [6, 6.07) is 0. The summed E-state index contributed by atoms with van der Waals surface area (Å²) in [5.74, 6) is 0. The first-order valence-electron chi connectivity index (χ1n) is 2.09. The molecule has 0 aromatic carbocycles. The van der Waals surface area contributed by atoms with Crippen LogP contribution in [-0.2, 0) is 4.74 Å². The predicted molar refractivity (Wildman–Crippen MR) is 40.5 cm³/mol. The molecule has 0 saturated heterocycles. The number of ether oxygens (including phenoxy) is 1. The summed E-state index contributed by atoms with van der Waals surface area (Å²) in [5, 5.41) is 0. The minimum Gasteiger partial charge on any atom is -0.335 e. The van der Waals surface area contributed by atoms with Gasteiger partial charge >= 0.3 is 0 Å². The van der Waals surface area contributed by atoms with Crippen LogP contribution in [0.4, 0.5) is 0 Å². The zero-order valence-corrected chi connectivity index (χ0v) is 6.30. The van der Waals surface area contributed by atoms with E-state index in [4.69, 9.17) is 4.74 Å². The second-order valence-corrected chi connectivity index (χ2v) is 2.55. The highest BCUT2D eigenvalue weighted by molar-refractivity contribution is 8.17. The molecular weight excluding hydrogens is 128 g/mol. The molecule has 0 atom stereocenters. The van der Waals surface area contributed by atoms with Crippen molar-refractivity contribution < 1.29 is 4.74 Å². The average Bonchev–Trinajstić information content (AvgIpc) is 1.68. The van der Waals surface area contributed by atoms with Gasteiger partial charge < -0.3 is 4.74 Å². The summed E-state index contributed by atoms with van der Waals surface area (Å²) in [6.07, 6.45) is 1.98. The van der Waals surface area contributed by atoms with E-state index >= 15 is 0 Å². The zero-order chi connectivity index (χ0) is 5.70. The van der Waals surface area contributed by atoms with Gasteiger partial charge in [-0.15, -0.1) is 12.6 Å². The van der Waals surface area contributed by atoms with Crippen LogP contribution in [0.5, 0.6) is 0 Å². The van der Waals surface area contributed by atoms with Crippen molar-refractivity contribution in [3.8, 4) is 0 Å². The van der Waals surface area contributed by atoms with E-state index in [9.17, 15) is 0 Å². The molecular formula is C4H10OS2. The Kier molecular flexibility index (Phi) is 5.04. The summed E-state index contributed by atoms with van der Waals surface area (Å²) in [5.41, 5.74) is 0. The lowest BCUT2D eigenvalue weighted by molar-refractivity contribution is 0.346. The fourth-order valence-corrected chi connectivity index (χ4v) is 0.581. The number of rotatable bonds is 1. The van der Waals surface area contributed by atoms with Crippen LogP contribution in [-0.4, -0.2) is 17.2 Å². The van der Waals surface area contributed by atoms with Gasteiger partial charge in [-0.3, -0.25) is 0 Å². The van der Waals surface area contributed by atoms with Crippen LogP contribution in [0, 0.1) is 0 Å². The van der Waals surface area contributed by atoms with Crippen LogP contribution in [0.1, 0.15) is 6.92 Å². The molecule has 1 nitrogen and oxygen atoms in total. The Morgan fingerprint density at radius 1 is 1.86 bits per heavy atom. The molecule has 0 bridgehead atoms. The van der Waals surface area contributed by atoms with Gasteiger partial charge in [-0.25, -0.2) is 0 Å². The number of thiol groups is 2. The third kappa shape index (κ3) is 4.38. The van der Waals surface area contributed by atoms with Gasteiger partial charge in [-0.05, 0) is 13.2 Å². The van der Waals surface area contributed by atoms with Gasteiger partial charge in [0, 0.05) is 0 Å². The summed E-state index contributed by atoms with van der Waals surface area (Å²) >= 11 is 5.09. The molecule has 0 radical (unpaired) electrons. The van der Waals surface area contributed by atoms with Gasteiger partial charge in [0.1, 0.15) is 4.38 Å². The van der Waals surface area contributed by atoms with Crippen molar-refractivity contribution in [3.63, 3.8) is 0 Å². The van der Waals surface area contributed by atoms with Gasteiger partial charge in [0.2, 0.25) is 0 Å². The van der Waals surface area contributed by atoms with Crippen LogP contribution in [0.3, 0.4) is 0 Å². The standard InChI is InChI=1S/C4H10OS2/c1-3-5-4(6)7-2/h6-7H,3H2,1-2H3. The second kappa shape index (κ2) is 4.68. The van der Waals surface area contributed by atoms with E-state index in [-0.39, 0.29) is 0 Å². The molecule has 0 rings (SSSR count). The molecule has 0 fully saturated rings. The fraction of sp³-hybridized carbons (Fsp3) is 0.750. The summed E-state index contributed by atoms with van der Waals surface area (Å²) in [4.78, 5) is 0. The van der Waals surface area contributed by atoms with Crippen LogP contribution in [0.15, 0.2) is 0 Å². The lowest BCUT2D eigenvalue weighted by atomic mass is 10.9. The van der Waals surface area contributed by atoms with Crippen molar-refractivity contribution in [1.29, 1.82) is 0 Å². The first-order chi connectivity index (χ1) is 3.31. The van der Waals surface area contributed by atoms with Crippen molar-refractivity contribution in [2.45, 2.75) is 6.92 Å². The Morgan fingerprint density at radius 3 is 2.57 bits per heavy atom. The maximum Gasteiger partial charge on any atom is 0.127 e. The molecule has 0 aliphatic carbocycles. The Balaban J connectivity index is 3.17. The summed E-state index contributed by atoms with van der Waals surface area (Å²) in [6.45, 7) is 2.67. The minimum atomic E-state index is 0.722. The summed E-state index contributed by atoms with van der Waals surface area (Å²) < 4.78 is 5.75. The van der Waals surface area contributed by atoms with Gasteiger partial charge in [-0.2, -0.15) is 11.4 Å². The molecule has 3 heteroatoms. The molecule has 0 spiro atoms. The Bertz CT molecular complexity index is 70.1.